The van der Waals surface area contributed by atoms with Gasteiger partial charge in [-0.05, 0) is 48.2 Å². The molecule has 6 heteroatoms. The van der Waals surface area contributed by atoms with Crippen LogP contribution in [0.15, 0.2) is 53.7 Å². The SMILES string of the molecule is COc1cccc(CN(C[C@H]2CC(c3ccc(Cl)cc3)=NO2)C(=O)C2CCCC2)c1. The van der Waals surface area contributed by atoms with E-state index in [1.165, 1.54) is 0 Å². The van der Waals surface area contributed by atoms with Crippen molar-refractivity contribution < 1.29 is 14.4 Å². The number of amides is 1. The smallest absolute Gasteiger partial charge is 0.226 e. The maximum Gasteiger partial charge on any atom is 0.226 e. The highest BCUT2D eigenvalue weighted by atomic mass is 35.5. The number of ether oxygens (including phenoxy) is 1. The van der Waals surface area contributed by atoms with Crippen molar-refractivity contribution in [2.45, 2.75) is 44.8 Å². The Bertz CT molecular complexity index is 907. The number of methoxy groups -OCH3 is 1. The summed E-state index contributed by atoms with van der Waals surface area (Å²) in [5.41, 5.74) is 2.95. The van der Waals surface area contributed by atoms with Crippen LogP contribution in [0.4, 0.5) is 0 Å². The van der Waals surface area contributed by atoms with Crippen molar-refractivity contribution in [2.24, 2.45) is 11.1 Å². The molecule has 2 aliphatic rings. The minimum absolute atomic E-state index is 0.119. The molecule has 0 aromatic heterocycles. The van der Waals surface area contributed by atoms with Crippen LogP contribution in [0.5, 0.6) is 5.75 Å². The Morgan fingerprint density at radius 2 is 1.97 bits per heavy atom. The molecule has 0 spiro atoms. The van der Waals surface area contributed by atoms with Gasteiger partial charge in [-0.25, -0.2) is 0 Å². The summed E-state index contributed by atoms with van der Waals surface area (Å²) < 4.78 is 5.35. The van der Waals surface area contributed by atoms with Crippen molar-refractivity contribution in [3.8, 4) is 5.75 Å². The molecule has 1 amide bonds. The first kappa shape index (κ1) is 20.7. The molecule has 0 radical (unpaired) electrons. The zero-order valence-electron chi connectivity index (χ0n) is 17.2. The minimum Gasteiger partial charge on any atom is -0.497 e. The lowest BCUT2D eigenvalue weighted by Crippen LogP contribution is -2.40. The van der Waals surface area contributed by atoms with E-state index in [2.05, 4.69) is 5.16 Å². The number of benzene rings is 2. The molecule has 2 aromatic rings. The standard InChI is InChI=1S/C24H27ClN2O3/c1-29-21-8-4-5-17(13-21)15-27(24(28)19-6-2-3-7-19)16-22-14-23(26-30-22)18-9-11-20(25)12-10-18/h4-5,8-13,19,22H,2-3,6-7,14-16H2,1H3/t22-/m1/s1. The zero-order valence-corrected chi connectivity index (χ0v) is 18.0. The molecule has 4 rings (SSSR count). The maximum absolute atomic E-state index is 13.3. The van der Waals surface area contributed by atoms with E-state index in [1.54, 1.807) is 7.11 Å². The maximum atomic E-state index is 13.3. The summed E-state index contributed by atoms with van der Waals surface area (Å²) >= 11 is 5.99. The highest BCUT2D eigenvalue weighted by Crippen LogP contribution is 2.28. The first-order valence-corrected chi connectivity index (χ1v) is 10.9. The van der Waals surface area contributed by atoms with Crippen LogP contribution >= 0.6 is 11.6 Å². The van der Waals surface area contributed by atoms with E-state index in [0.717, 1.165) is 48.3 Å². The Balaban J connectivity index is 1.45. The fourth-order valence-corrected chi connectivity index (χ4v) is 4.37. The molecule has 1 aliphatic heterocycles. The molecule has 0 unspecified atom stereocenters. The second kappa shape index (κ2) is 9.52. The van der Waals surface area contributed by atoms with Gasteiger partial charge in [0.25, 0.3) is 0 Å². The van der Waals surface area contributed by atoms with E-state index in [9.17, 15) is 4.79 Å². The van der Waals surface area contributed by atoms with Crippen LogP contribution in [0.2, 0.25) is 5.02 Å². The van der Waals surface area contributed by atoms with Gasteiger partial charge in [0.1, 0.15) is 5.75 Å². The molecule has 1 heterocycles. The van der Waals surface area contributed by atoms with Gasteiger partial charge in [-0.3, -0.25) is 4.79 Å². The molecular weight excluding hydrogens is 400 g/mol. The van der Waals surface area contributed by atoms with Gasteiger partial charge in [-0.2, -0.15) is 0 Å². The second-order valence-corrected chi connectivity index (χ2v) is 8.46. The second-order valence-electron chi connectivity index (χ2n) is 8.03. The Labute approximate surface area is 182 Å². The Morgan fingerprint density at radius 3 is 2.70 bits per heavy atom. The Morgan fingerprint density at radius 1 is 1.20 bits per heavy atom. The molecule has 1 saturated carbocycles. The number of rotatable bonds is 7. The van der Waals surface area contributed by atoms with Gasteiger partial charge >= 0.3 is 0 Å². The molecule has 0 bridgehead atoms. The highest BCUT2D eigenvalue weighted by molar-refractivity contribution is 6.30. The molecule has 30 heavy (non-hydrogen) atoms. The van der Waals surface area contributed by atoms with Crippen LogP contribution in [0, 0.1) is 5.92 Å². The van der Waals surface area contributed by atoms with E-state index < -0.39 is 0 Å². The molecule has 1 atom stereocenters. The highest BCUT2D eigenvalue weighted by Gasteiger charge is 2.31. The first-order valence-electron chi connectivity index (χ1n) is 10.5. The number of carbonyl (C=O) groups excluding carboxylic acids is 1. The summed E-state index contributed by atoms with van der Waals surface area (Å²) in [6.45, 7) is 1.07. The van der Waals surface area contributed by atoms with Gasteiger partial charge in [-0.15, -0.1) is 0 Å². The number of hydrogen-bond donors (Lipinski definition) is 0. The third kappa shape index (κ3) is 4.96. The van der Waals surface area contributed by atoms with E-state index in [1.807, 2.05) is 53.4 Å². The van der Waals surface area contributed by atoms with Crippen molar-refractivity contribution in [1.82, 2.24) is 4.90 Å². The lowest BCUT2D eigenvalue weighted by Gasteiger charge is -2.27. The topological polar surface area (TPSA) is 51.1 Å². The molecular formula is C24H27ClN2O3. The molecule has 1 aliphatic carbocycles. The third-order valence-corrected chi connectivity index (χ3v) is 6.11. The monoisotopic (exact) mass is 426 g/mol. The summed E-state index contributed by atoms with van der Waals surface area (Å²) in [5.74, 6) is 1.14. The average Bonchev–Trinajstić information content (AvgIpc) is 3.46. The fraction of sp³-hybridized carbons (Fsp3) is 0.417. The molecule has 1 fully saturated rings. The van der Waals surface area contributed by atoms with Crippen LogP contribution in [0.3, 0.4) is 0 Å². The number of nitrogens with zero attached hydrogens (tertiary/aromatic N) is 2. The lowest BCUT2D eigenvalue weighted by molar-refractivity contribution is -0.137. The summed E-state index contributed by atoms with van der Waals surface area (Å²) in [4.78, 5) is 20.9. The van der Waals surface area contributed by atoms with Crippen LogP contribution in [-0.2, 0) is 16.2 Å². The predicted octanol–water partition coefficient (Wildman–Crippen LogP) is 5.06. The van der Waals surface area contributed by atoms with E-state index in [0.29, 0.717) is 24.5 Å². The van der Waals surface area contributed by atoms with Gasteiger partial charge in [0.2, 0.25) is 5.91 Å². The zero-order chi connectivity index (χ0) is 20.9. The van der Waals surface area contributed by atoms with Crippen LogP contribution < -0.4 is 4.74 Å². The van der Waals surface area contributed by atoms with Gasteiger partial charge in [0.05, 0.1) is 19.4 Å². The number of oxime groups is 1. The fourth-order valence-electron chi connectivity index (χ4n) is 4.24. The van der Waals surface area contributed by atoms with E-state index in [-0.39, 0.29) is 17.9 Å². The van der Waals surface area contributed by atoms with Crippen molar-refractivity contribution in [3.05, 3.63) is 64.7 Å². The molecule has 5 nitrogen and oxygen atoms in total. The average molecular weight is 427 g/mol. The quantitative estimate of drug-likeness (QED) is 0.621. The van der Waals surface area contributed by atoms with Gasteiger partial charge in [-0.1, -0.05) is 53.9 Å². The van der Waals surface area contributed by atoms with Gasteiger partial charge < -0.3 is 14.5 Å². The molecule has 0 N–H and O–H groups in total. The number of carbonyl (C=O) groups is 1. The van der Waals surface area contributed by atoms with Gasteiger partial charge in [0.15, 0.2) is 6.10 Å². The molecule has 0 saturated heterocycles. The Hall–Kier alpha value is -2.53. The van der Waals surface area contributed by atoms with Crippen molar-refractivity contribution in [2.75, 3.05) is 13.7 Å². The number of hydrogen-bond acceptors (Lipinski definition) is 4. The Kier molecular flexibility index (Phi) is 6.58. The summed E-state index contributed by atoms with van der Waals surface area (Å²) in [6.07, 6.45) is 4.75. The van der Waals surface area contributed by atoms with Crippen molar-refractivity contribution >= 4 is 23.2 Å². The third-order valence-electron chi connectivity index (χ3n) is 5.86. The summed E-state index contributed by atoms with van der Waals surface area (Å²) in [6, 6.07) is 15.5. The lowest BCUT2D eigenvalue weighted by atomic mass is 10.0. The van der Waals surface area contributed by atoms with E-state index in [4.69, 9.17) is 21.2 Å². The van der Waals surface area contributed by atoms with Crippen LogP contribution in [0.1, 0.15) is 43.2 Å². The van der Waals surface area contributed by atoms with Crippen molar-refractivity contribution in [3.63, 3.8) is 0 Å². The van der Waals surface area contributed by atoms with Crippen LogP contribution in [-0.4, -0.2) is 36.3 Å². The molecule has 158 valence electrons. The minimum atomic E-state index is -0.147. The van der Waals surface area contributed by atoms with Crippen LogP contribution in [0.25, 0.3) is 0 Å². The van der Waals surface area contributed by atoms with Crippen molar-refractivity contribution in [1.29, 1.82) is 0 Å². The summed E-state index contributed by atoms with van der Waals surface area (Å²) in [5, 5.41) is 4.97. The normalized spacial score (nSPS) is 18.7. The predicted molar refractivity (Wildman–Crippen MR) is 118 cm³/mol. The van der Waals surface area contributed by atoms with E-state index >= 15 is 0 Å². The number of halogens is 1. The molecule has 2 aromatic carbocycles. The summed E-state index contributed by atoms with van der Waals surface area (Å²) in [7, 11) is 1.66. The first-order chi connectivity index (χ1) is 14.6. The van der Waals surface area contributed by atoms with Gasteiger partial charge in [0, 0.05) is 23.9 Å². The largest absolute Gasteiger partial charge is 0.497 e.